The molecule has 2 rings (SSSR count). The molecule has 0 spiro atoms. The fourth-order valence-electron chi connectivity index (χ4n) is 2.87. The zero-order valence-electron chi connectivity index (χ0n) is 11.3. The second-order valence-corrected chi connectivity index (χ2v) is 7.53. The quantitative estimate of drug-likeness (QED) is 0.830. The van der Waals surface area contributed by atoms with Gasteiger partial charge in [-0.05, 0) is 40.3 Å². The Balaban J connectivity index is 1.63. The molecular weight excluding hydrogens is 308 g/mol. The second kappa shape index (κ2) is 7.04. The first-order chi connectivity index (χ1) is 8.63. The molecule has 2 unspecified atom stereocenters. The van der Waals surface area contributed by atoms with Crippen molar-refractivity contribution in [2.24, 2.45) is 11.8 Å². The van der Waals surface area contributed by atoms with Gasteiger partial charge in [0.25, 0.3) is 0 Å². The summed E-state index contributed by atoms with van der Waals surface area (Å²) in [5, 5.41) is 5.68. The summed E-state index contributed by atoms with van der Waals surface area (Å²) >= 11 is 5.30. The summed E-state index contributed by atoms with van der Waals surface area (Å²) in [4.78, 5) is 4.01. The van der Waals surface area contributed by atoms with E-state index in [0.29, 0.717) is 0 Å². The molecule has 0 bridgehead atoms. The fraction of sp³-hybridized carbons (Fsp3) is 0.714. The zero-order valence-corrected chi connectivity index (χ0v) is 13.7. The second-order valence-electron chi connectivity index (χ2n) is 5.61. The average Bonchev–Trinajstić information content (AvgIpc) is 2.69. The molecule has 2 nitrogen and oxygen atoms in total. The van der Waals surface area contributed by atoms with Crippen LogP contribution in [0, 0.1) is 11.8 Å². The minimum absolute atomic E-state index is 0.863. The Bertz CT molecular complexity index is 356. The van der Waals surface area contributed by atoms with Gasteiger partial charge in [-0.1, -0.05) is 13.8 Å². The van der Waals surface area contributed by atoms with Gasteiger partial charge in [-0.15, -0.1) is 11.3 Å². The summed E-state index contributed by atoms with van der Waals surface area (Å²) in [5.74, 6) is 1.73. The predicted octanol–water partition coefficient (Wildman–Crippen LogP) is 3.58. The number of rotatable bonds is 5. The molecule has 1 N–H and O–H groups in total. The maximum absolute atomic E-state index is 3.54. The van der Waals surface area contributed by atoms with Crippen molar-refractivity contribution in [2.75, 3.05) is 26.2 Å². The molecule has 1 aromatic rings. The topological polar surface area (TPSA) is 15.3 Å². The molecule has 0 amide bonds. The molecule has 1 aliphatic rings. The first-order valence-electron chi connectivity index (χ1n) is 6.79. The van der Waals surface area contributed by atoms with Crippen LogP contribution in [0.2, 0.25) is 0 Å². The van der Waals surface area contributed by atoms with Crippen LogP contribution in [-0.2, 0) is 6.54 Å². The highest BCUT2D eigenvalue weighted by Crippen LogP contribution is 2.21. The molecule has 2 heterocycles. The van der Waals surface area contributed by atoms with Crippen LogP contribution < -0.4 is 5.32 Å². The molecule has 1 aliphatic heterocycles. The zero-order chi connectivity index (χ0) is 13.0. The molecule has 0 radical (unpaired) electrons. The van der Waals surface area contributed by atoms with Crippen molar-refractivity contribution in [1.82, 2.24) is 10.2 Å². The van der Waals surface area contributed by atoms with E-state index in [4.69, 9.17) is 0 Å². The van der Waals surface area contributed by atoms with Crippen LogP contribution in [0.5, 0.6) is 0 Å². The lowest BCUT2D eigenvalue weighted by Crippen LogP contribution is -2.41. The molecule has 18 heavy (non-hydrogen) atoms. The van der Waals surface area contributed by atoms with E-state index in [9.17, 15) is 0 Å². The molecule has 102 valence electrons. The van der Waals surface area contributed by atoms with Gasteiger partial charge < -0.3 is 10.2 Å². The largest absolute Gasteiger partial charge is 0.311 e. The molecule has 1 aromatic heterocycles. The predicted molar refractivity (Wildman–Crippen MR) is 83.1 cm³/mol. The maximum Gasteiger partial charge on any atom is 0.0300 e. The van der Waals surface area contributed by atoms with Crippen molar-refractivity contribution < 1.29 is 0 Å². The van der Waals surface area contributed by atoms with Crippen molar-refractivity contribution in [3.63, 3.8) is 0 Å². The van der Waals surface area contributed by atoms with E-state index >= 15 is 0 Å². The molecule has 4 heteroatoms. The van der Waals surface area contributed by atoms with Gasteiger partial charge >= 0.3 is 0 Å². The van der Waals surface area contributed by atoms with Gasteiger partial charge in [0, 0.05) is 47.5 Å². The van der Waals surface area contributed by atoms with Crippen molar-refractivity contribution >= 4 is 27.3 Å². The summed E-state index contributed by atoms with van der Waals surface area (Å²) in [6.45, 7) is 10.6. The third-order valence-corrected chi connectivity index (χ3v) is 5.17. The number of piperidine rings is 1. The van der Waals surface area contributed by atoms with E-state index in [-0.39, 0.29) is 0 Å². The number of halogens is 1. The van der Waals surface area contributed by atoms with Gasteiger partial charge in [-0.2, -0.15) is 0 Å². The molecule has 2 atom stereocenters. The third kappa shape index (κ3) is 4.65. The fourth-order valence-corrected chi connectivity index (χ4v) is 4.29. The maximum atomic E-state index is 3.54. The number of hydrogen-bond donors (Lipinski definition) is 1. The highest BCUT2D eigenvalue weighted by molar-refractivity contribution is 9.10. The first kappa shape index (κ1) is 14.5. The van der Waals surface area contributed by atoms with E-state index in [1.165, 1.54) is 35.4 Å². The van der Waals surface area contributed by atoms with Gasteiger partial charge in [0.2, 0.25) is 0 Å². The van der Waals surface area contributed by atoms with Gasteiger partial charge in [-0.25, -0.2) is 0 Å². The Labute approximate surface area is 123 Å². The van der Waals surface area contributed by atoms with E-state index in [1.807, 2.05) is 11.3 Å². The highest BCUT2D eigenvalue weighted by atomic mass is 79.9. The lowest BCUT2D eigenvalue weighted by atomic mass is 9.92. The molecule has 0 saturated carbocycles. The monoisotopic (exact) mass is 330 g/mol. The van der Waals surface area contributed by atoms with Gasteiger partial charge in [0.1, 0.15) is 0 Å². The van der Waals surface area contributed by atoms with Crippen LogP contribution in [0.1, 0.15) is 25.1 Å². The molecule has 1 fully saturated rings. The molecule has 0 aliphatic carbocycles. The minimum atomic E-state index is 0.863. The van der Waals surface area contributed by atoms with Crippen LogP contribution in [0.3, 0.4) is 0 Å². The Kier molecular flexibility index (Phi) is 5.67. The first-order valence-corrected chi connectivity index (χ1v) is 8.46. The minimum Gasteiger partial charge on any atom is -0.311 e. The van der Waals surface area contributed by atoms with E-state index < -0.39 is 0 Å². The summed E-state index contributed by atoms with van der Waals surface area (Å²) < 4.78 is 1.20. The van der Waals surface area contributed by atoms with Gasteiger partial charge in [0.05, 0.1) is 0 Å². The molecule has 1 saturated heterocycles. The molecular formula is C14H23BrN2S. The Morgan fingerprint density at radius 3 is 2.72 bits per heavy atom. The van der Waals surface area contributed by atoms with Crippen LogP contribution in [0.4, 0.5) is 0 Å². The smallest absolute Gasteiger partial charge is 0.0300 e. The number of nitrogens with zero attached hydrogens (tertiary/aromatic N) is 1. The van der Waals surface area contributed by atoms with Crippen molar-refractivity contribution in [2.45, 2.75) is 26.8 Å². The summed E-state index contributed by atoms with van der Waals surface area (Å²) in [7, 11) is 0. The van der Waals surface area contributed by atoms with E-state index in [0.717, 1.165) is 24.9 Å². The van der Waals surface area contributed by atoms with Crippen molar-refractivity contribution in [3.05, 3.63) is 20.8 Å². The lowest BCUT2D eigenvalue weighted by Gasteiger charge is -2.34. The van der Waals surface area contributed by atoms with Crippen LogP contribution in [-0.4, -0.2) is 31.1 Å². The summed E-state index contributed by atoms with van der Waals surface area (Å²) in [6.07, 6.45) is 1.40. The van der Waals surface area contributed by atoms with Gasteiger partial charge in [-0.3, -0.25) is 0 Å². The lowest BCUT2D eigenvalue weighted by molar-refractivity contribution is 0.142. The highest BCUT2D eigenvalue weighted by Gasteiger charge is 2.20. The van der Waals surface area contributed by atoms with E-state index in [2.05, 4.69) is 51.4 Å². The number of nitrogens with one attached hydrogen (secondary N) is 1. The van der Waals surface area contributed by atoms with E-state index in [1.54, 1.807) is 0 Å². The number of hydrogen-bond acceptors (Lipinski definition) is 3. The van der Waals surface area contributed by atoms with Crippen molar-refractivity contribution in [1.29, 1.82) is 0 Å². The number of thiophene rings is 1. The van der Waals surface area contributed by atoms with Crippen LogP contribution in [0.25, 0.3) is 0 Å². The number of likely N-dealkylation sites (tertiary alicyclic amines) is 1. The summed E-state index contributed by atoms with van der Waals surface area (Å²) in [5.41, 5.74) is 0. The SMILES string of the molecule is CC1CC(C)CN(CCNCc2cc(Br)cs2)C1. The Hall–Kier alpha value is 0.1000. The van der Waals surface area contributed by atoms with Gasteiger partial charge in [0.15, 0.2) is 0 Å². The van der Waals surface area contributed by atoms with Crippen LogP contribution >= 0.6 is 27.3 Å². The van der Waals surface area contributed by atoms with Crippen molar-refractivity contribution in [3.8, 4) is 0 Å². The Morgan fingerprint density at radius 1 is 1.39 bits per heavy atom. The summed E-state index contributed by atoms with van der Waals surface area (Å²) in [6, 6.07) is 2.20. The van der Waals surface area contributed by atoms with Crippen LogP contribution in [0.15, 0.2) is 15.9 Å². The standard InChI is InChI=1S/C14H23BrN2S/c1-11-5-12(2)9-17(8-11)4-3-16-7-14-6-13(15)10-18-14/h6,10-12,16H,3-5,7-9H2,1-2H3. The Morgan fingerprint density at radius 2 is 2.11 bits per heavy atom. The molecule has 0 aromatic carbocycles. The normalized spacial score (nSPS) is 25.5. The third-order valence-electron chi connectivity index (χ3n) is 3.47. The average molecular weight is 331 g/mol.